The summed E-state index contributed by atoms with van der Waals surface area (Å²) in [6, 6.07) is 0.181. The van der Waals surface area contributed by atoms with Crippen LogP contribution >= 0.6 is 0 Å². The average molecular weight is 143 g/mol. The standard InChI is InChI=1S/C7H13NO2/c1-5-4-10-7(3,9)6(2)8-5/h5,9H,4H2,1-3H3/t5-,7?/m1/s1. The summed E-state index contributed by atoms with van der Waals surface area (Å²) in [7, 11) is 0. The fourth-order valence-corrected chi connectivity index (χ4v) is 0.875. The lowest BCUT2D eigenvalue weighted by atomic mass is 10.1. The molecule has 1 heterocycles. The molecule has 58 valence electrons. The molecule has 1 aliphatic rings. The molecule has 0 saturated carbocycles. The molecule has 10 heavy (non-hydrogen) atoms. The van der Waals surface area contributed by atoms with Crippen LogP contribution in [0.5, 0.6) is 0 Å². The number of hydrogen-bond donors (Lipinski definition) is 1. The molecular weight excluding hydrogens is 130 g/mol. The Kier molecular flexibility index (Phi) is 1.79. The summed E-state index contributed by atoms with van der Waals surface area (Å²) < 4.78 is 5.11. The number of ether oxygens (including phenoxy) is 1. The Morgan fingerprint density at radius 2 is 2.40 bits per heavy atom. The van der Waals surface area contributed by atoms with Crippen LogP contribution in [0.25, 0.3) is 0 Å². The third-order valence-electron chi connectivity index (χ3n) is 1.69. The van der Waals surface area contributed by atoms with Crippen molar-refractivity contribution >= 4 is 5.71 Å². The van der Waals surface area contributed by atoms with Crippen LogP contribution in [0.4, 0.5) is 0 Å². The molecule has 0 spiro atoms. The van der Waals surface area contributed by atoms with E-state index < -0.39 is 5.79 Å². The van der Waals surface area contributed by atoms with Crippen molar-refractivity contribution in [2.75, 3.05) is 6.61 Å². The van der Waals surface area contributed by atoms with E-state index in [1.54, 1.807) is 13.8 Å². The van der Waals surface area contributed by atoms with E-state index >= 15 is 0 Å². The molecule has 1 rings (SSSR count). The van der Waals surface area contributed by atoms with Gasteiger partial charge < -0.3 is 9.84 Å². The van der Waals surface area contributed by atoms with Gasteiger partial charge >= 0.3 is 0 Å². The van der Waals surface area contributed by atoms with Crippen LogP contribution in [0.3, 0.4) is 0 Å². The van der Waals surface area contributed by atoms with Gasteiger partial charge in [0.05, 0.1) is 18.4 Å². The predicted molar refractivity (Wildman–Crippen MR) is 39.1 cm³/mol. The van der Waals surface area contributed by atoms with Gasteiger partial charge in [-0.2, -0.15) is 0 Å². The second-order valence-electron chi connectivity index (χ2n) is 2.86. The van der Waals surface area contributed by atoms with E-state index in [-0.39, 0.29) is 6.04 Å². The van der Waals surface area contributed by atoms with Crippen molar-refractivity contribution in [3.8, 4) is 0 Å². The quantitative estimate of drug-likeness (QED) is 0.538. The maximum Gasteiger partial charge on any atom is 0.202 e. The van der Waals surface area contributed by atoms with Gasteiger partial charge in [0, 0.05) is 0 Å². The van der Waals surface area contributed by atoms with Gasteiger partial charge in [0.1, 0.15) is 0 Å². The monoisotopic (exact) mass is 143 g/mol. The Bertz CT molecular complexity index is 163. The lowest BCUT2D eigenvalue weighted by Gasteiger charge is -2.29. The number of hydrogen-bond acceptors (Lipinski definition) is 3. The minimum Gasteiger partial charge on any atom is -0.361 e. The van der Waals surface area contributed by atoms with Gasteiger partial charge in [0.25, 0.3) is 0 Å². The van der Waals surface area contributed by atoms with Gasteiger partial charge in [-0.1, -0.05) is 0 Å². The smallest absolute Gasteiger partial charge is 0.202 e. The van der Waals surface area contributed by atoms with Gasteiger partial charge in [0.15, 0.2) is 0 Å². The highest BCUT2D eigenvalue weighted by atomic mass is 16.6. The summed E-state index contributed by atoms with van der Waals surface area (Å²) in [6.07, 6.45) is 0. The number of aliphatic hydroxyl groups is 1. The van der Waals surface area contributed by atoms with Crippen molar-refractivity contribution in [1.82, 2.24) is 0 Å². The maximum absolute atomic E-state index is 9.41. The van der Waals surface area contributed by atoms with E-state index in [9.17, 15) is 5.11 Å². The van der Waals surface area contributed by atoms with E-state index in [1.165, 1.54) is 0 Å². The molecule has 0 fully saturated rings. The van der Waals surface area contributed by atoms with E-state index in [2.05, 4.69) is 4.99 Å². The highest BCUT2D eigenvalue weighted by Crippen LogP contribution is 2.15. The van der Waals surface area contributed by atoms with Gasteiger partial charge in [-0.15, -0.1) is 0 Å². The largest absolute Gasteiger partial charge is 0.361 e. The van der Waals surface area contributed by atoms with Crippen LogP contribution < -0.4 is 0 Å². The third kappa shape index (κ3) is 1.36. The van der Waals surface area contributed by atoms with Gasteiger partial charge in [-0.05, 0) is 20.8 Å². The molecule has 3 heteroatoms. The molecule has 0 amide bonds. The third-order valence-corrected chi connectivity index (χ3v) is 1.69. The SMILES string of the molecule is CC1=N[C@H](C)COC1(C)O. The lowest BCUT2D eigenvalue weighted by molar-refractivity contribution is -0.146. The molecule has 3 nitrogen and oxygen atoms in total. The first kappa shape index (κ1) is 7.69. The Morgan fingerprint density at radius 3 is 2.80 bits per heavy atom. The van der Waals surface area contributed by atoms with Gasteiger partial charge in [-0.25, -0.2) is 0 Å². The molecule has 0 bridgehead atoms. The summed E-state index contributed by atoms with van der Waals surface area (Å²) in [5, 5.41) is 9.41. The molecule has 1 N–H and O–H groups in total. The first-order chi connectivity index (χ1) is 4.52. The van der Waals surface area contributed by atoms with Crippen molar-refractivity contribution in [2.24, 2.45) is 4.99 Å². The number of rotatable bonds is 0. The fraction of sp³-hybridized carbons (Fsp3) is 0.857. The first-order valence-electron chi connectivity index (χ1n) is 3.43. The topological polar surface area (TPSA) is 41.8 Å². The van der Waals surface area contributed by atoms with E-state index in [1.807, 2.05) is 6.92 Å². The second kappa shape index (κ2) is 2.32. The average Bonchev–Trinajstić information content (AvgIpc) is 1.81. The Labute approximate surface area is 60.7 Å². The van der Waals surface area contributed by atoms with Crippen molar-refractivity contribution < 1.29 is 9.84 Å². The number of aliphatic imine (C=N–C) groups is 1. The fourth-order valence-electron chi connectivity index (χ4n) is 0.875. The van der Waals surface area contributed by atoms with Crippen LogP contribution in [-0.2, 0) is 4.74 Å². The van der Waals surface area contributed by atoms with Gasteiger partial charge in [0.2, 0.25) is 5.79 Å². The van der Waals surface area contributed by atoms with Crippen molar-refractivity contribution in [3.63, 3.8) is 0 Å². The van der Waals surface area contributed by atoms with E-state index in [0.29, 0.717) is 12.3 Å². The molecule has 0 aliphatic carbocycles. The first-order valence-corrected chi connectivity index (χ1v) is 3.43. The molecule has 0 aromatic carbocycles. The van der Waals surface area contributed by atoms with E-state index in [0.717, 1.165) is 0 Å². The Balaban J connectivity index is 2.78. The molecule has 1 aliphatic heterocycles. The zero-order valence-corrected chi connectivity index (χ0v) is 6.59. The summed E-state index contributed by atoms with van der Waals surface area (Å²) in [4.78, 5) is 4.18. The lowest BCUT2D eigenvalue weighted by Crippen LogP contribution is -2.42. The summed E-state index contributed by atoms with van der Waals surface area (Å²) in [5.74, 6) is -1.13. The van der Waals surface area contributed by atoms with Crippen LogP contribution in [0, 0.1) is 0 Å². The molecular formula is C7H13NO2. The maximum atomic E-state index is 9.41. The normalized spacial score (nSPS) is 41.2. The molecule has 1 unspecified atom stereocenters. The van der Waals surface area contributed by atoms with Crippen molar-refractivity contribution in [1.29, 1.82) is 0 Å². The van der Waals surface area contributed by atoms with Crippen molar-refractivity contribution in [3.05, 3.63) is 0 Å². The predicted octanol–water partition coefficient (Wildman–Crippen LogP) is 0.575. The molecule has 2 atom stereocenters. The van der Waals surface area contributed by atoms with Gasteiger partial charge in [-0.3, -0.25) is 4.99 Å². The Hall–Kier alpha value is -0.410. The van der Waals surface area contributed by atoms with Crippen molar-refractivity contribution in [2.45, 2.75) is 32.6 Å². The minimum atomic E-state index is -1.13. The summed E-state index contributed by atoms with van der Waals surface area (Å²) in [5.41, 5.74) is 0.659. The highest BCUT2D eigenvalue weighted by Gasteiger charge is 2.29. The second-order valence-corrected chi connectivity index (χ2v) is 2.86. The molecule has 0 aromatic rings. The van der Waals surface area contributed by atoms with Crippen LogP contribution in [0.15, 0.2) is 4.99 Å². The minimum absolute atomic E-state index is 0.181. The summed E-state index contributed by atoms with van der Waals surface area (Å²) in [6.45, 7) is 5.84. The molecule has 0 radical (unpaired) electrons. The highest BCUT2D eigenvalue weighted by molar-refractivity contribution is 5.88. The molecule has 0 saturated heterocycles. The zero-order valence-electron chi connectivity index (χ0n) is 6.59. The Morgan fingerprint density at radius 1 is 1.80 bits per heavy atom. The summed E-state index contributed by atoms with van der Waals surface area (Å²) >= 11 is 0. The van der Waals surface area contributed by atoms with Crippen LogP contribution in [0.1, 0.15) is 20.8 Å². The van der Waals surface area contributed by atoms with E-state index in [4.69, 9.17) is 4.74 Å². The molecule has 0 aromatic heterocycles. The van der Waals surface area contributed by atoms with Crippen LogP contribution in [0.2, 0.25) is 0 Å². The van der Waals surface area contributed by atoms with Crippen LogP contribution in [-0.4, -0.2) is 29.3 Å². The number of nitrogens with zero attached hydrogens (tertiary/aromatic N) is 1. The zero-order chi connectivity index (χ0) is 7.78.